The molecule has 0 aliphatic heterocycles. The van der Waals surface area contributed by atoms with Gasteiger partial charge in [0.1, 0.15) is 18.2 Å². The lowest BCUT2D eigenvalue weighted by atomic mass is 10.1. The van der Waals surface area contributed by atoms with E-state index in [9.17, 15) is 19.2 Å². The van der Waals surface area contributed by atoms with E-state index in [-0.39, 0.29) is 23.9 Å². The van der Waals surface area contributed by atoms with Gasteiger partial charge < -0.3 is 24.7 Å². The van der Waals surface area contributed by atoms with Crippen LogP contribution in [0.1, 0.15) is 65.9 Å². The number of esters is 4. The first-order valence-electron chi connectivity index (χ1n) is 10.7. The molecule has 3 atom stereocenters. The molecule has 0 aliphatic rings. The van der Waals surface area contributed by atoms with E-state index in [2.05, 4.69) is 0 Å². The van der Waals surface area contributed by atoms with Crippen molar-refractivity contribution in [1.82, 2.24) is 0 Å². The van der Waals surface area contributed by atoms with Gasteiger partial charge in [-0.3, -0.25) is 19.2 Å². The minimum atomic E-state index is -1.00. The van der Waals surface area contributed by atoms with Crippen LogP contribution in [-0.4, -0.2) is 42.1 Å². The van der Waals surface area contributed by atoms with Crippen LogP contribution in [0.25, 0.3) is 0 Å². The summed E-state index contributed by atoms with van der Waals surface area (Å²) in [5.41, 5.74) is 6.55. The molecule has 0 bridgehead atoms. The van der Waals surface area contributed by atoms with Gasteiger partial charge in [0.15, 0.2) is 11.5 Å². The van der Waals surface area contributed by atoms with Crippen LogP contribution in [0.15, 0.2) is 18.2 Å². The Hall–Kier alpha value is -2.94. The Labute approximate surface area is 188 Å². The number of nitrogens with two attached hydrogens (primary N) is 1. The molecule has 0 amide bonds. The number of ether oxygens (including phenoxy) is 4. The van der Waals surface area contributed by atoms with Crippen molar-refractivity contribution >= 4 is 23.9 Å². The Balaban J connectivity index is 2.69. The zero-order valence-corrected chi connectivity index (χ0v) is 19.3. The predicted octanol–water partition coefficient (Wildman–Crippen LogP) is 2.85. The second-order valence-corrected chi connectivity index (χ2v) is 7.57. The van der Waals surface area contributed by atoms with E-state index in [4.69, 9.17) is 24.7 Å². The highest BCUT2D eigenvalue weighted by Gasteiger charge is 2.24. The maximum absolute atomic E-state index is 12.4. The second-order valence-electron chi connectivity index (χ2n) is 7.57. The van der Waals surface area contributed by atoms with Crippen molar-refractivity contribution in [3.05, 3.63) is 23.8 Å². The van der Waals surface area contributed by atoms with E-state index >= 15 is 0 Å². The summed E-state index contributed by atoms with van der Waals surface area (Å²) >= 11 is 0. The quantitative estimate of drug-likeness (QED) is 0.289. The van der Waals surface area contributed by atoms with Gasteiger partial charge in [0.25, 0.3) is 0 Å². The third-order valence-corrected chi connectivity index (χ3v) is 4.54. The highest BCUT2D eigenvalue weighted by molar-refractivity contribution is 5.77. The molecule has 1 aromatic rings. The van der Waals surface area contributed by atoms with Gasteiger partial charge in [-0.1, -0.05) is 25.8 Å². The van der Waals surface area contributed by atoms with Crippen LogP contribution in [-0.2, 0) is 35.1 Å². The summed E-state index contributed by atoms with van der Waals surface area (Å²) in [6, 6.07) is 3.52. The largest absolute Gasteiger partial charge is 0.459 e. The van der Waals surface area contributed by atoms with E-state index in [0.29, 0.717) is 12.0 Å². The fraction of sp³-hybridized carbons (Fsp3) is 0.565. The minimum Gasteiger partial charge on any atom is -0.459 e. The molecule has 0 saturated heterocycles. The highest BCUT2D eigenvalue weighted by Crippen LogP contribution is 2.29. The summed E-state index contributed by atoms with van der Waals surface area (Å²) in [6.45, 7) is 7.76. The number of carbonyl (C=O) groups excluding carboxylic acids is 4. The van der Waals surface area contributed by atoms with Gasteiger partial charge >= 0.3 is 23.9 Å². The minimum absolute atomic E-state index is 0.0442. The molecule has 0 saturated carbocycles. The lowest BCUT2D eigenvalue weighted by Gasteiger charge is -2.22. The van der Waals surface area contributed by atoms with Gasteiger partial charge in [0.05, 0.1) is 0 Å². The fourth-order valence-electron chi connectivity index (χ4n) is 2.74. The molecule has 0 spiro atoms. The van der Waals surface area contributed by atoms with Crippen molar-refractivity contribution in [2.24, 2.45) is 5.73 Å². The molecule has 0 unspecified atom stereocenters. The number of hydrogen-bond donors (Lipinski definition) is 1. The summed E-state index contributed by atoms with van der Waals surface area (Å²) in [7, 11) is 0. The number of carbonyl (C=O) groups is 4. The molecule has 0 fully saturated rings. The highest BCUT2D eigenvalue weighted by atomic mass is 16.6. The Bertz CT molecular complexity index is 807. The summed E-state index contributed by atoms with van der Waals surface area (Å²) in [5.74, 6) is -2.03. The third-order valence-electron chi connectivity index (χ3n) is 4.54. The Morgan fingerprint density at radius 3 is 2.09 bits per heavy atom. The Kier molecular flexibility index (Phi) is 11.4. The van der Waals surface area contributed by atoms with E-state index in [1.54, 1.807) is 19.9 Å². The van der Waals surface area contributed by atoms with Gasteiger partial charge in [0.2, 0.25) is 0 Å². The molecule has 9 nitrogen and oxygen atoms in total. The van der Waals surface area contributed by atoms with E-state index in [0.717, 1.165) is 19.3 Å². The smallest absolute Gasteiger partial charge is 0.323 e. The number of unbranched alkanes of at least 4 members (excludes halogenated alkanes) is 2. The summed E-state index contributed by atoms with van der Waals surface area (Å²) in [5, 5.41) is 0. The van der Waals surface area contributed by atoms with Gasteiger partial charge in [-0.2, -0.15) is 0 Å². The molecule has 0 aliphatic carbocycles. The molecular weight excluding hydrogens is 418 g/mol. The van der Waals surface area contributed by atoms with Gasteiger partial charge in [0, 0.05) is 20.3 Å². The monoisotopic (exact) mass is 451 g/mol. The van der Waals surface area contributed by atoms with E-state index in [1.807, 2.05) is 6.92 Å². The van der Waals surface area contributed by atoms with Crippen molar-refractivity contribution in [3.8, 4) is 11.5 Å². The average Bonchev–Trinajstić information content (AvgIpc) is 2.69. The van der Waals surface area contributed by atoms with Crippen molar-refractivity contribution in [2.75, 3.05) is 0 Å². The van der Waals surface area contributed by atoms with Gasteiger partial charge in [-0.05, 0) is 44.4 Å². The lowest BCUT2D eigenvalue weighted by molar-refractivity contribution is -0.166. The van der Waals surface area contributed by atoms with Crippen LogP contribution in [0.3, 0.4) is 0 Å². The van der Waals surface area contributed by atoms with Crippen LogP contribution in [0.5, 0.6) is 11.5 Å². The topological polar surface area (TPSA) is 131 Å². The SMILES string of the molecule is CCCCCC(=O)O[C@@H](C)[C@H](C)OC(=O)[C@@H](N)Cc1ccc(OC(C)=O)c(OC(C)=O)c1. The normalized spacial score (nSPS) is 13.4. The van der Waals surface area contributed by atoms with Crippen LogP contribution in [0.2, 0.25) is 0 Å². The maximum atomic E-state index is 12.4. The lowest BCUT2D eigenvalue weighted by Crippen LogP contribution is -2.39. The zero-order valence-electron chi connectivity index (χ0n) is 19.3. The molecule has 0 radical (unpaired) electrons. The van der Waals surface area contributed by atoms with Crippen LogP contribution < -0.4 is 15.2 Å². The molecule has 1 rings (SSSR count). The first-order valence-corrected chi connectivity index (χ1v) is 10.7. The Morgan fingerprint density at radius 1 is 0.906 bits per heavy atom. The number of rotatable bonds is 12. The molecule has 32 heavy (non-hydrogen) atoms. The summed E-state index contributed by atoms with van der Waals surface area (Å²) in [6.07, 6.45) is 1.84. The zero-order chi connectivity index (χ0) is 24.3. The van der Waals surface area contributed by atoms with Crippen molar-refractivity contribution in [3.63, 3.8) is 0 Å². The summed E-state index contributed by atoms with van der Waals surface area (Å²) < 4.78 is 20.7. The van der Waals surface area contributed by atoms with Gasteiger partial charge in [-0.25, -0.2) is 0 Å². The standard InChI is InChI=1S/C23H33NO8/c1-6-7-8-9-22(27)29-14(2)15(3)30-23(28)19(24)12-18-10-11-20(31-16(4)25)21(13-18)32-17(5)26/h10-11,13-15,19H,6-9,12,24H2,1-5H3/t14-,15-,19-/m0/s1. The van der Waals surface area contributed by atoms with Crippen LogP contribution >= 0.6 is 0 Å². The first-order chi connectivity index (χ1) is 15.0. The molecule has 2 N–H and O–H groups in total. The van der Waals surface area contributed by atoms with E-state index < -0.39 is 36.2 Å². The third kappa shape index (κ3) is 9.91. The van der Waals surface area contributed by atoms with Gasteiger partial charge in [-0.15, -0.1) is 0 Å². The molecule has 9 heteroatoms. The molecule has 178 valence electrons. The number of hydrogen-bond acceptors (Lipinski definition) is 9. The second kappa shape index (κ2) is 13.5. The first kappa shape index (κ1) is 27.1. The molecule has 0 aromatic heterocycles. The molecule has 0 heterocycles. The summed E-state index contributed by atoms with van der Waals surface area (Å²) in [4.78, 5) is 46.8. The fourth-order valence-corrected chi connectivity index (χ4v) is 2.74. The van der Waals surface area contributed by atoms with E-state index in [1.165, 1.54) is 26.0 Å². The van der Waals surface area contributed by atoms with Crippen molar-refractivity contribution in [2.45, 2.75) is 85.0 Å². The molecular formula is C23H33NO8. The number of benzene rings is 1. The predicted molar refractivity (Wildman–Crippen MR) is 116 cm³/mol. The molecule has 1 aromatic carbocycles. The maximum Gasteiger partial charge on any atom is 0.323 e. The van der Waals surface area contributed by atoms with Crippen LogP contribution in [0, 0.1) is 0 Å². The van der Waals surface area contributed by atoms with Crippen molar-refractivity contribution < 1.29 is 38.1 Å². The van der Waals surface area contributed by atoms with Crippen molar-refractivity contribution in [1.29, 1.82) is 0 Å². The average molecular weight is 452 g/mol. The Morgan fingerprint density at radius 2 is 1.50 bits per heavy atom. The van der Waals surface area contributed by atoms with Crippen LogP contribution in [0.4, 0.5) is 0 Å².